The number of carboxylic acid groups (broad SMARTS) is 1. The minimum absolute atomic E-state index is 0.0397. The van der Waals surface area contributed by atoms with Gasteiger partial charge < -0.3 is 14.7 Å². The average molecular weight is 431 g/mol. The van der Waals surface area contributed by atoms with Crippen LogP contribution in [0.4, 0.5) is 5.69 Å². The van der Waals surface area contributed by atoms with Gasteiger partial charge in [-0.2, -0.15) is 5.10 Å². The molecule has 0 aliphatic heterocycles. The van der Waals surface area contributed by atoms with E-state index in [0.29, 0.717) is 17.2 Å². The Morgan fingerprint density at radius 1 is 1.12 bits per heavy atom. The number of carbonyl (C=O) groups is 1. The second-order valence-electron chi connectivity index (χ2n) is 8.01. The molecule has 164 valence electrons. The molecule has 4 rings (SSSR count). The normalized spacial score (nSPS) is 11.2. The lowest BCUT2D eigenvalue weighted by molar-refractivity contribution is 0.0691. The van der Waals surface area contributed by atoms with Crippen molar-refractivity contribution in [2.24, 2.45) is 0 Å². The third-order valence-corrected chi connectivity index (χ3v) is 5.30. The molecule has 0 spiro atoms. The average Bonchev–Trinajstić information content (AvgIpc) is 3.18. The molecule has 1 aromatic carbocycles. The Hall–Kier alpha value is -3.94. The van der Waals surface area contributed by atoms with Gasteiger partial charge in [-0.1, -0.05) is 26.0 Å². The Kier molecular flexibility index (Phi) is 5.52. The van der Waals surface area contributed by atoms with Gasteiger partial charge in [-0.25, -0.2) is 19.4 Å². The summed E-state index contributed by atoms with van der Waals surface area (Å²) in [4.78, 5) is 22.7. The lowest BCUT2D eigenvalue weighted by atomic mass is 9.97. The molecule has 3 heterocycles. The van der Waals surface area contributed by atoms with Crippen molar-refractivity contribution in [1.82, 2.24) is 19.7 Å². The molecule has 0 saturated carbocycles. The molecule has 0 aliphatic rings. The second-order valence-corrected chi connectivity index (χ2v) is 8.01. The number of hydrogen-bond donors (Lipinski definition) is 1. The first kappa shape index (κ1) is 21.3. The highest BCUT2D eigenvalue weighted by atomic mass is 16.5. The van der Waals surface area contributed by atoms with Crippen LogP contribution in [0.25, 0.3) is 27.8 Å². The number of hydrogen-bond acceptors (Lipinski definition) is 6. The van der Waals surface area contributed by atoms with Crippen LogP contribution in [-0.2, 0) is 0 Å². The summed E-state index contributed by atoms with van der Waals surface area (Å²) in [5.41, 5.74) is 4.70. The molecular weight excluding hydrogens is 406 g/mol. The number of ether oxygens (including phenoxy) is 1. The Labute approximate surface area is 186 Å². The molecule has 0 unspecified atom stereocenters. The van der Waals surface area contributed by atoms with E-state index in [1.54, 1.807) is 30.1 Å². The maximum absolute atomic E-state index is 11.9. The standard InChI is InChI=1S/C24H25N5O3/c1-14(2)22-21-18(15-6-8-16(9-7-15)28(3)4)12-19(24(30)31)26-23(21)29(27-22)17-10-11-20(32-5)25-13-17/h6-14H,1-5H3,(H,30,31). The van der Waals surface area contributed by atoms with Crippen LogP contribution in [0, 0.1) is 0 Å². The van der Waals surface area contributed by atoms with Gasteiger partial charge in [0.05, 0.1) is 30.1 Å². The Morgan fingerprint density at radius 3 is 2.38 bits per heavy atom. The van der Waals surface area contributed by atoms with Crippen molar-refractivity contribution in [2.45, 2.75) is 19.8 Å². The summed E-state index contributed by atoms with van der Waals surface area (Å²) in [6, 6.07) is 13.2. The predicted molar refractivity (Wildman–Crippen MR) is 124 cm³/mol. The van der Waals surface area contributed by atoms with Gasteiger partial charge in [0.1, 0.15) is 0 Å². The Morgan fingerprint density at radius 2 is 1.84 bits per heavy atom. The Bertz CT molecular complexity index is 1280. The maximum Gasteiger partial charge on any atom is 0.354 e. The number of benzene rings is 1. The van der Waals surface area contributed by atoms with Crippen LogP contribution in [0.15, 0.2) is 48.7 Å². The van der Waals surface area contributed by atoms with Crippen LogP contribution in [0.5, 0.6) is 5.88 Å². The highest BCUT2D eigenvalue weighted by Crippen LogP contribution is 2.36. The fourth-order valence-corrected chi connectivity index (χ4v) is 3.62. The number of rotatable bonds is 6. The zero-order valence-electron chi connectivity index (χ0n) is 18.7. The molecule has 0 radical (unpaired) electrons. The molecule has 0 saturated heterocycles. The number of anilines is 1. The Balaban J connectivity index is 2.02. The highest BCUT2D eigenvalue weighted by molar-refractivity contribution is 6.00. The molecule has 0 aliphatic carbocycles. The number of carboxylic acids is 1. The van der Waals surface area contributed by atoms with E-state index >= 15 is 0 Å². The molecule has 8 nitrogen and oxygen atoms in total. The van der Waals surface area contributed by atoms with Crippen molar-refractivity contribution in [3.05, 3.63) is 60.0 Å². The zero-order chi connectivity index (χ0) is 23.0. The quantitative estimate of drug-likeness (QED) is 0.484. The van der Waals surface area contributed by atoms with Crippen molar-refractivity contribution in [3.8, 4) is 22.7 Å². The van der Waals surface area contributed by atoms with Crippen LogP contribution in [0.2, 0.25) is 0 Å². The summed E-state index contributed by atoms with van der Waals surface area (Å²) in [6.07, 6.45) is 1.63. The maximum atomic E-state index is 11.9. The van der Waals surface area contributed by atoms with Crippen LogP contribution in [-0.4, -0.2) is 52.0 Å². The minimum atomic E-state index is -1.09. The summed E-state index contributed by atoms with van der Waals surface area (Å²) in [5.74, 6) is -0.512. The summed E-state index contributed by atoms with van der Waals surface area (Å²) in [7, 11) is 5.51. The van der Waals surface area contributed by atoms with Crippen molar-refractivity contribution in [1.29, 1.82) is 0 Å². The van der Waals surface area contributed by atoms with E-state index in [1.165, 1.54) is 0 Å². The molecule has 0 atom stereocenters. The number of aromatic carboxylic acids is 1. The highest BCUT2D eigenvalue weighted by Gasteiger charge is 2.23. The van der Waals surface area contributed by atoms with Gasteiger partial charge in [0.2, 0.25) is 5.88 Å². The van der Waals surface area contributed by atoms with Gasteiger partial charge in [-0.3, -0.25) is 0 Å². The van der Waals surface area contributed by atoms with Gasteiger partial charge >= 0.3 is 5.97 Å². The summed E-state index contributed by atoms with van der Waals surface area (Å²) >= 11 is 0. The number of fused-ring (bicyclic) bond motifs is 1. The molecule has 3 aromatic heterocycles. The SMILES string of the molecule is COc1ccc(-n2nc(C(C)C)c3c(-c4ccc(N(C)C)cc4)cc(C(=O)O)nc32)cn1. The number of methoxy groups -OCH3 is 1. The molecular formula is C24H25N5O3. The summed E-state index contributed by atoms with van der Waals surface area (Å²) < 4.78 is 6.81. The number of nitrogens with zero attached hydrogens (tertiary/aromatic N) is 5. The van der Waals surface area contributed by atoms with Crippen LogP contribution < -0.4 is 9.64 Å². The van der Waals surface area contributed by atoms with E-state index in [0.717, 1.165) is 27.9 Å². The van der Waals surface area contributed by atoms with Gasteiger partial charge in [-0.05, 0) is 41.3 Å². The lowest BCUT2D eigenvalue weighted by Crippen LogP contribution is -2.08. The monoisotopic (exact) mass is 431 g/mol. The van der Waals surface area contributed by atoms with Gasteiger partial charge in [0, 0.05) is 25.8 Å². The fourth-order valence-electron chi connectivity index (χ4n) is 3.62. The first-order chi connectivity index (χ1) is 15.3. The zero-order valence-corrected chi connectivity index (χ0v) is 18.7. The van der Waals surface area contributed by atoms with E-state index in [-0.39, 0.29) is 11.6 Å². The summed E-state index contributed by atoms with van der Waals surface area (Å²) in [6.45, 7) is 4.12. The largest absolute Gasteiger partial charge is 0.481 e. The summed E-state index contributed by atoms with van der Waals surface area (Å²) in [5, 5.41) is 15.4. The molecule has 0 fully saturated rings. The van der Waals surface area contributed by atoms with Gasteiger partial charge in [0.25, 0.3) is 0 Å². The molecule has 32 heavy (non-hydrogen) atoms. The van der Waals surface area contributed by atoms with E-state index in [2.05, 4.69) is 23.8 Å². The minimum Gasteiger partial charge on any atom is -0.481 e. The molecule has 0 amide bonds. The van der Waals surface area contributed by atoms with Gasteiger partial charge in [0.15, 0.2) is 11.3 Å². The van der Waals surface area contributed by atoms with Crippen LogP contribution in [0.3, 0.4) is 0 Å². The number of pyridine rings is 2. The van der Waals surface area contributed by atoms with E-state index < -0.39 is 5.97 Å². The van der Waals surface area contributed by atoms with E-state index in [4.69, 9.17) is 9.84 Å². The topological polar surface area (TPSA) is 93.4 Å². The third-order valence-electron chi connectivity index (χ3n) is 5.30. The van der Waals surface area contributed by atoms with Crippen molar-refractivity contribution in [3.63, 3.8) is 0 Å². The lowest BCUT2D eigenvalue weighted by Gasteiger charge is -2.14. The second kappa shape index (κ2) is 8.30. The van der Waals surface area contributed by atoms with Crippen molar-refractivity contribution >= 4 is 22.7 Å². The first-order valence-electron chi connectivity index (χ1n) is 10.2. The van der Waals surface area contributed by atoms with E-state index in [9.17, 15) is 9.90 Å². The molecule has 0 bridgehead atoms. The molecule has 1 N–H and O–H groups in total. The van der Waals surface area contributed by atoms with Crippen molar-refractivity contribution < 1.29 is 14.6 Å². The molecule has 4 aromatic rings. The van der Waals surface area contributed by atoms with Crippen LogP contribution in [0.1, 0.15) is 35.9 Å². The molecule has 8 heteroatoms. The number of aromatic nitrogens is 4. The third kappa shape index (κ3) is 3.75. The van der Waals surface area contributed by atoms with Gasteiger partial charge in [-0.15, -0.1) is 0 Å². The smallest absolute Gasteiger partial charge is 0.354 e. The predicted octanol–water partition coefficient (Wildman–Crippen LogP) is 4.38. The van der Waals surface area contributed by atoms with Crippen molar-refractivity contribution in [2.75, 3.05) is 26.1 Å². The fraction of sp³-hybridized carbons (Fsp3) is 0.250. The first-order valence-corrected chi connectivity index (χ1v) is 10.2. The van der Waals surface area contributed by atoms with Crippen LogP contribution >= 0.6 is 0 Å². The van der Waals surface area contributed by atoms with E-state index in [1.807, 2.05) is 49.3 Å².